The molecule has 0 saturated carbocycles. The van der Waals surface area contributed by atoms with Crippen LogP contribution in [0.2, 0.25) is 0 Å². The lowest BCUT2D eigenvalue weighted by Crippen LogP contribution is -2.24. The van der Waals surface area contributed by atoms with Crippen molar-refractivity contribution in [2.75, 3.05) is 32.6 Å². The molecule has 1 aromatic carbocycles. The third-order valence-corrected chi connectivity index (χ3v) is 5.70. The van der Waals surface area contributed by atoms with Gasteiger partial charge in [0.2, 0.25) is 15.8 Å². The van der Waals surface area contributed by atoms with Crippen molar-refractivity contribution in [3.05, 3.63) is 45.6 Å². The number of carbonyl (C=O) groups is 2. The summed E-state index contributed by atoms with van der Waals surface area (Å²) in [5.41, 5.74) is 0.258. The fraction of sp³-hybridized carbons (Fsp3) is 0.400. The summed E-state index contributed by atoms with van der Waals surface area (Å²) in [5.74, 6) is 0.00214. The number of carbonyl (C=O) groups excluding carboxylic acids is 2. The molecule has 164 valence electrons. The van der Waals surface area contributed by atoms with Crippen molar-refractivity contribution < 1.29 is 32.2 Å². The zero-order valence-corrected chi connectivity index (χ0v) is 18.7. The van der Waals surface area contributed by atoms with Crippen LogP contribution < -0.4 is 14.2 Å². The molecular weight excluding hydrogens is 430 g/mol. The Morgan fingerprint density at radius 3 is 2.40 bits per heavy atom. The Labute approximate surface area is 180 Å². The van der Waals surface area contributed by atoms with E-state index in [1.165, 1.54) is 17.4 Å². The number of nitrogens with one attached hydrogen (secondary N) is 1. The van der Waals surface area contributed by atoms with Crippen LogP contribution in [0.1, 0.15) is 38.8 Å². The molecule has 2 aromatic rings. The number of benzene rings is 1. The summed E-state index contributed by atoms with van der Waals surface area (Å²) in [6.45, 7) is 4.41. The summed E-state index contributed by atoms with van der Waals surface area (Å²) in [6, 6.07) is 8.10. The summed E-state index contributed by atoms with van der Waals surface area (Å²) in [4.78, 5) is 25.9. The van der Waals surface area contributed by atoms with Gasteiger partial charge in [-0.25, -0.2) is 17.9 Å². The van der Waals surface area contributed by atoms with Gasteiger partial charge in [-0.15, -0.1) is 11.3 Å². The quantitative estimate of drug-likeness (QED) is 0.387. The Hall–Kier alpha value is -2.43. The molecule has 0 aliphatic carbocycles. The Balaban J connectivity index is 1.93. The zero-order valence-electron chi connectivity index (χ0n) is 17.1. The molecular formula is C20H25NO7S2. The molecule has 0 fully saturated rings. The number of rotatable bonds is 12. The Morgan fingerprint density at radius 2 is 1.73 bits per heavy atom. The third kappa shape index (κ3) is 7.43. The number of ether oxygens (including phenoxy) is 3. The van der Waals surface area contributed by atoms with Crippen LogP contribution in [0.4, 0.5) is 0 Å². The van der Waals surface area contributed by atoms with E-state index >= 15 is 0 Å². The average Bonchev–Trinajstić information content (AvgIpc) is 3.15. The number of hydrogen-bond acceptors (Lipinski definition) is 8. The standard InChI is InChI=1S/C20H25NO7S2/c1-4-26-17-8-6-14(12-18(17)27-5-2)20(23)28-13-16(22)19-9-7-15(29-19)10-11-21-30(3,24)25/h6-9,12,21H,4-5,10-11,13H2,1-3H3. The Kier molecular flexibility index (Phi) is 8.82. The van der Waals surface area contributed by atoms with Crippen molar-refractivity contribution in [3.8, 4) is 11.5 Å². The first-order valence-corrected chi connectivity index (χ1v) is 12.1. The predicted octanol–water partition coefficient (Wildman–Crippen LogP) is 2.68. The first-order valence-electron chi connectivity index (χ1n) is 9.36. The molecule has 10 heteroatoms. The molecule has 0 unspecified atom stereocenters. The smallest absolute Gasteiger partial charge is 0.338 e. The van der Waals surface area contributed by atoms with E-state index in [-0.39, 0.29) is 17.9 Å². The van der Waals surface area contributed by atoms with E-state index in [0.29, 0.717) is 36.0 Å². The maximum Gasteiger partial charge on any atom is 0.338 e. The van der Waals surface area contributed by atoms with Gasteiger partial charge in [-0.05, 0) is 50.6 Å². The van der Waals surface area contributed by atoms with E-state index in [1.54, 1.807) is 24.3 Å². The van der Waals surface area contributed by atoms with E-state index < -0.39 is 22.6 Å². The second-order valence-electron chi connectivity index (χ2n) is 6.21. The minimum Gasteiger partial charge on any atom is -0.490 e. The van der Waals surface area contributed by atoms with Crippen LogP contribution >= 0.6 is 11.3 Å². The van der Waals surface area contributed by atoms with E-state index in [4.69, 9.17) is 14.2 Å². The molecule has 0 aliphatic rings. The molecule has 30 heavy (non-hydrogen) atoms. The van der Waals surface area contributed by atoms with E-state index in [9.17, 15) is 18.0 Å². The van der Waals surface area contributed by atoms with Gasteiger partial charge in [-0.2, -0.15) is 0 Å². The number of Topliss-reactive ketones (excluding diaryl/α,β-unsaturated/α-hetero) is 1. The summed E-state index contributed by atoms with van der Waals surface area (Å²) in [7, 11) is -3.25. The lowest BCUT2D eigenvalue weighted by atomic mass is 10.2. The Morgan fingerprint density at radius 1 is 1.03 bits per heavy atom. The lowest BCUT2D eigenvalue weighted by Gasteiger charge is -2.12. The van der Waals surface area contributed by atoms with Crippen LogP contribution in [-0.2, 0) is 21.2 Å². The first kappa shape index (κ1) is 23.8. The molecule has 0 saturated heterocycles. The van der Waals surface area contributed by atoms with Gasteiger partial charge in [-0.1, -0.05) is 0 Å². The number of hydrogen-bond donors (Lipinski definition) is 1. The van der Waals surface area contributed by atoms with Crippen molar-refractivity contribution in [1.29, 1.82) is 0 Å². The van der Waals surface area contributed by atoms with Crippen molar-refractivity contribution in [3.63, 3.8) is 0 Å². The molecule has 8 nitrogen and oxygen atoms in total. The molecule has 0 radical (unpaired) electrons. The lowest BCUT2D eigenvalue weighted by molar-refractivity contribution is 0.0475. The minimum atomic E-state index is -3.25. The summed E-state index contributed by atoms with van der Waals surface area (Å²) >= 11 is 1.24. The van der Waals surface area contributed by atoms with Crippen molar-refractivity contribution in [2.45, 2.75) is 20.3 Å². The van der Waals surface area contributed by atoms with Gasteiger partial charge < -0.3 is 14.2 Å². The maximum atomic E-state index is 12.3. The second-order valence-corrected chi connectivity index (χ2v) is 9.21. The zero-order chi connectivity index (χ0) is 22.1. The SMILES string of the molecule is CCOc1ccc(C(=O)OCC(=O)c2ccc(CCNS(C)(=O)=O)s2)cc1OCC. The van der Waals surface area contributed by atoms with E-state index in [1.807, 2.05) is 13.8 Å². The number of thiophene rings is 1. The molecule has 1 heterocycles. The van der Waals surface area contributed by atoms with Crippen molar-refractivity contribution >= 4 is 33.1 Å². The highest BCUT2D eigenvalue weighted by molar-refractivity contribution is 7.88. The molecule has 1 aromatic heterocycles. The molecule has 0 spiro atoms. The minimum absolute atomic E-state index is 0.252. The van der Waals surface area contributed by atoms with Gasteiger partial charge in [0.1, 0.15) is 0 Å². The maximum absolute atomic E-state index is 12.3. The third-order valence-electron chi connectivity index (χ3n) is 3.79. The highest BCUT2D eigenvalue weighted by Crippen LogP contribution is 2.29. The largest absolute Gasteiger partial charge is 0.490 e. The predicted molar refractivity (Wildman–Crippen MR) is 114 cm³/mol. The number of ketones is 1. The van der Waals surface area contributed by atoms with Gasteiger partial charge >= 0.3 is 5.97 Å². The first-order chi connectivity index (χ1) is 14.2. The van der Waals surface area contributed by atoms with Gasteiger partial charge in [-0.3, -0.25) is 4.79 Å². The molecule has 1 N–H and O–H groups in total. The van der Waals surface area contributed by atoms with Crippen LogP contribution in [0.25, 0.3) is 0 Å². The van der Waals surface area contributed by atoms with Gasteiger partial charge in [0.05, 0.1) is 29.9 Å². The van der Waals surface area contributed by atoms with Crippen molar-refractivity contribution in [2.24, 2.45) is 0 Å². The molecule has 0 amide bonds. The van der Waals surface area contributed by atoms with Crippen LogP contribution in [-0.4, -0.2) is 52.8 Å². The molecule has 0 bridgehead atoms. The second kappa shape index (κ2) is 11.1. The van der Waals surface area contributed by atoms with Crippen LogP contribution in [0.3, 0.4) is 0 Å². The van der Waals surface area contributed by atoms with Gasteiger partial charge in [0.15, 0.2) is 18.1 Å². The number of esters is 1. The van der Waals surface area contributed by atoms with Gasteiger partial charge in [0.25, 0.3) is 0 Å². The van der Waals surface area contributed by atoms with Crippen LogP contribution in [0.15, 0.2) is 30.3 Å². The van der Waals surface area contributed by atoms with E-state index in [0.717, 1.165) is 11.1 Å². The number of sulfonamides is 1. The highest BCUT2D eigenvalue weighted by atomic mass is 32.2. The fourth-order valence-electron chi connectivity index (χ4n) is 2.49. The fourth-order valence-corrected chi connectivity index (χ4v) is 3.89. The van der Waals surface area contributed by atoms with Gasteiger partial charge in [0, 0.05) is 11.4 Å². The molecule has 0 atom stereocenters. The topological polar surface area (TPSA) is 108 Å². The summed E-state index contributed by atoms with van der Waals surface area (Å²) in [6.07, 6.45) is 1.56. The summed E-state index contributed by atoms with van der Waals surface area (Å²) in [5, 5.41) is 0. The summed E-state index contributed by atoms with van der Waals surface area (Å²) < 4.78 is 40.7. The average molecular weight is 456 g/mol. The molecule has 0 aliphatic heterocycles. The van der Waals surface area contributed by atoms with Crippen molar-refractivity contribution in [1.82, 2.24) is 4.72 Å². The molecule has 2 rings (SSSR count). The van der Waals surface area contributed by atoms with E-state index in [2.05, 4.69) is 4.72 Å². The Bertz CT molecular complexity index is 983. The normalized spacial score (nSPS) is 11.2. The highest BCUT2D eigenvalue weighted by Gasteiger charge is 2.16. The van der Waals surface area contributed by atoms with Crippen LogP contribution in [0.5, 0.6) is 11.5 Å². The van der Waals surface area contributed by atoms with Crippen LogP contribution in [0, 0.1) is 0 Å². The monoisotopic (exact) mass is 455 g/mol.